The van der Waals surface area contributed by atoms with Gasteiger partial charge in [-0.2, -0.15) is 0 Å². The summed E-state index contributed by atoms with van der Waals surface area (Å²) in [6.07, 6.45) is 0.360. The molecule has 0 radical (unpaired) electrons. The molecule has 0 saturated carbocycles. The quantitative estimate of drug-likeness (QED) is 0.734. The molecule has 0 atom stereocenters. The monoisotopic (exact) mass is 358 g/mol. The zero-order valence-corrected chi connectivity index (χ0v) is 15.2. The number of benzene rings is 1. The van der Waals surface area contributed by atoms with E-state index in [-0.39, 0.29) is 29.0 Å². The first kappa shape index (κ1) is 19.2. The summed E-state index contributed by atoms with van der Waals surface area (Å²) in [5.41, 5.74) is 1.62. The first-order valence-electron chi connectivity index (χ1n) is 8.31. The van der Waals surface area contributed by atoms with Crippen LogP contribution in [0.1, 0.15) is 63.4 Å². The Morgan fingerprint density at radius 2 is 1.81 bits per heavy atom. The molecule has 0 aliphatic heterocycles. The Labute approximate surface area is 151 Å². The summed E-state index contributed by atoms with van der Waals surface area (Å²) < 4.78 is 5.34. The largest absolute Gasteiger partial charge is 0.478 e. The number of furan rings is 1. The number of amides is 2. The summed E-state index contributed by atoms with van der Waals surface area (Å²) in [6, 6.07) is 6.17. The van der Waals surface area contributed by atoms with Crippen molar-refractivity contribution >= 4 is 23.5 Å². The van der Waals surface area contributed by atoms with Gasteiger partial charge in [0.25, 0.3) is 11.8 Å². The molecule has 0 bridgehead atoms. The summed E-state index contributed by atoms with van der Waals surface area (Å²) >= 11 is 0. The minimum Gasteiger partial charge on any atom is -0.478 e. The highest BCUT2D eigenvalue weighted by Gasteiger charge is 2.20. The van der Waals surface area contributed by atoms with Crippen LogP contribution < -0.4 is 10.6 Å². The van der Waals surface area contributed by atoms with Gasteiger partial charge in [-0.3, -0.25) is 9.59 Å². The number of carbonyl (C=O) groups is 3. The molecule has 0 spiro atoms. The fourth-order valence-corrected chi connectivity index (χ4v) is 2.46. The van der Waals surface area contributed by atoms with Crippen molar-refractivity contribution in [3.8, 4) is 0 Å². The molecule has 1 aromatic heterocycles. The van der Waals surface area contributed by atoms with Crippen LogP contribution >= 0.6 is 0 Å². The van der Waals surface area contributed by atoms with Crippen LogP contribution in [-0.2, 0) is 6.42 Å². The summed E-state index contributed by atoms with van der Waals surface area (Å²) in [6.45, 7) is 7.27. The van der Waals surface area contributed by atoms with E-state index >= 15 is 0 Å². The molecule has 3 N–H and O–H groups in total. The molecule has 7 heteroatoms. The van der Waals surface area contributed by atoms with Crippen molar-refractivity contribution in [3.05, 3.63) is 52.5 Å². The Morgan fingerprint density at radius 3 is 2.35 bits per heavy atom. The summed E-state index contributed by atoms with van der Waals surface area (Å²) in [4.78, 5) is 35.8. The van der Waals surface area contributed by atoms with Crippen molar-refractivity contribution in [2.45, 2.75) is 40.2 Å². The number of anilines is 1. The highest BCUT2D eigenvalue weighted by Crippen LogP contribution is 2.20. The molecular formula is C19H22N2O5. The molecule has 1 heterocycles. The normalized spacial score (nSPS) is 10.7. The van der Waals surface area contributed by atoms with Gasteiger partial charge in [0, 0.05) is 29.8 Å². The summed E-state index contributed by atoms with van der Waals surface area (Å²) in [5.74, 6) is -1.80. The third kappa shape index (κ3) is 4.30. The second-order valence-corrected chi connectivity index (χ2v) is 6.22. The minimum atomic E-state index is -1.15. The fourth-order valence-electron chi connectivity index (χ4n) is 2.46. The predicted molar refractivity (Wildman–Crippen MR) is 96.8 cm³/mol. The highest BCUT2D eigenvalue weighted by atomic mass is 16.4. The van der Waals surface area contributed by atoms with Gasteiger partial charge in [-0.25, -0.2) is 4.79 Å². The van der Waals surface area contributed by atoms with Gasteiger partial charge >= 0.3 is 5.97 Å². The maximum atomic E-state index is 12.4. The van der Waals surface area contributed by atoms with Crippen molar-refractivity contribution in [2.75, 3.05) is 5.32 Å². The minimum absolute atomic E-state index is 0.00910. The molecule has 138 valence electrons. The number of carboxylic acid groups (broad SMARTS) is 1. The number of nitrogens with one attached hydrogen (secondary N) is 2. The van der Waals surface area contributed by atoms with Gasteiger partial charge in [0.15, 0.2) is 5.76 Å². The second-order valence-electron chi connectivity index (χ2n) is 6.22. The lowest BCUT2D eigenvalue weighted by molar-refractivity contribution is 0.0694. The third-order valence-electron chi connectivity index (χ3n) is 3.74. The molecule has 0 aliphatic rings. The van der Waals surface area contributed by atoms with Crippen molar-refractivity contribution in [3.63, 3.8) is 0 Å². The van der Waals surface area contributed by atoms with Crippen LogP contribution in [0.2, 0.25) is 0 Å². The number of rotatable bonds is 6. The van der Waals surface area contributed by atoms with Gasteiger partial charge in [0.2, 0.25) is 0 Å². The van der Waals surface area contributed by atoms with Gasteiger partial charge < -0.3 is 20.2 Å². The SMILES string of the molecule is CCc1oc(C(=O)Nc2ccc(C)c(C(=O)NC(C)C)c2)cc1C(=O)O. The maximum absolute atomic E-state index is 12.4. The number of carbonyl (C=O) groups excluding carboxylic acids is 2. The molecular weight excluding hydrogens is 336 g/mol. The van der Waals surface area contributed by atoms with Crippen molar-refractivity contribution in [1.29, 1.82) is 0 Å². The van der Waals surface area contributed by atoms with Crippen molar-refractivity contribution in [2.24, 2.45) is 0 Å². The van der Waals surface area contributed by atoms with E-state index in [1.807, 2.05) is 13.8 Å². The number of aromatic carboxylic acids is 1. The summed E-state index contributed by atoms with van der Waals surface area (Å²) in [7, 11) is 0. The predicted octanol–water partition coefficient (Wildman–Crippen LogP) is 3.24. The van der Waals surface area contributed by atoms with E-state index in [1.54, 1.807) is 32.0 Å². The van der Waals surface area contributed by atoms with Gasteiger partial charge in [-0.05, 0) is 38.5 Å². The van der Waals surface area contributed by atoms with E-state index in [0.29, 0.717) is 17.7 Å². The van der Waals surface area contributed by atoms with Gasteiger partial charge in [0.05, 0.1) is 0 Å². The molecule has 7 nitrogen and oxygen atoms in total. The number of hydrogen-bond acceptors (Lipinski definition) is 4. The molecule has 2 aromatic rings. The Morgan fingerprint density at radius 1 is 1.12 bits per heavy atom. The van der Waals surface area contributed by atoms with E-state index in [1.165, 1.54) is 6.07 Å². The van der Waals surface area contributed by atoms with E-state index in [0.717, 1.165) is 5.56 Å². The molecule has 2 amide bonds. The molecule has 0 fully saturated rings. The standard InChI is InChI=1S/C19H22N2O5/c1-5-15-14(19(24)25)9-16(26-15)18(23)21-12-7-6-11(4)13(8-12)17(22)20-10(2)3/h6-10H,5H2,1-4H3,(H,20,22)(H,21,23)(H,24,25). The number of carboxylic acids is 1. The molecule has 26 heavy (non-hydrogen) atoms. The van der Waals surface area contributed by atoms with Gasteiger partial charge in [-0.1, -0.05) is 13.0 Å². The fraction of sp³-hybridized carbons (Fsp3) is 0.316. The lowest BCUT2D eigenvalue weighted by atomic mass is 10.1. The number of hydrogen-bond donors (Lipinski definition) is 3. The van der Waals surface area contributed by atoms with Crippen LogP contribution in [-0.4, -0.2) is 28.9 Å². The van der Waals surface area contributed by atoms with Crippen LogP contribution in [0, 0.1) is 6.92 Å². The van der Waals surface area contributed by atoms with Crippen molar-refractivity contribution in [1.82, 2.24) is 5.32 Å². The van der Waals surface area contributed by atoms with Crippen LogP contribution in [0.3, 0.4) is 0 Å². The van der Waals surface area contributed by atoms with E-state index < -0.39 is 11.9 Å². The van der Waals surface area contributed by atoms with E-state index in [2.05, 4.69) is 10.6 Å². The zero-order chi connectivity index (χ0) is 19.4. The third-order valence-corrected chi connectivity index (χ3v) is 3.74. The lowest BCUT2D eigenvalue weighted by Crippen LogP contribution is -2.30. The molecule has 0 aliphatic carbocycles. The Bertz CT molecular complexity index is 852. The van der Waals surface area contributed by atoms with Crippen LogP contribution in [0.15, 0.2) is 28.7 Å². The molecule has 0 saturated heterocycles. The first-order chi connectivity index (χ1) is 12.2. The second kappa shape index (κ2) is 7.86. The average molecular weight is 358 g/mol. The molecule has 1 aromatic carbocycles. The first-order valence-corrected chi connectivity index (χ1v) is 8.31. The topological polar surface area (TPSA) is 109 Å². The van der Waals surface area contributed by atoms with Crippen molar-refractivity contribution < 1.29 is 23.9 Å². The molecule has 0 unspecified atom stereocenters. The smallest absolute Gasteiger partial charge is 0.339 e. The van der Waals surface area contributed by atoms with Gasteiger partial charge in [0.1, 0.15) is 11.3 Å². The average Bonchev–Trinajstić information content (AvgIpc) is 3.00. The van der Waals surface area contributed by atoms with E-state index in [4.69, 9.17) is 9.52 Å². The Hall–Kier alpha value is -3.09. The number of aryl methyl sites for hydroxylation is 2. The summed E-state index contributed by atoms with van der Waals surface area (Å²) in [5, 5.41) is 14.6. The molecule has 2 rings (SSSR count). The van der Waals surface area contributed by atoms with E-state index in [9.17, 15) is 14.4 Å². The van der Waals surface area contributed by atoms with Crippen LogP contribution in [0.25, 0.3) is 0 Å². The van der Waals surface area contributed by atoms with Crippen LogP contribution in [0.5, 0.6) is 0 Å². The van der Waals surface area contributed by atoms with Crippen LogP contribution in [0.4, 0.5) is 5.69 Å². The lowest BCUT2D eigenvalue weighted by Gasteiger charge is -2.12. The maximum Gasteiger partial charge on any atom is 0.339 e. The zero-order valence-electron chi connectivity index (χ0n) is 15.2. The highest BCUT2D eigenvalue weighted by molar-refractivity contribution is 6.05. The Balaban J connectivity index is 2.24. The van der Waals surface area contributed by atoms with Gasteiger partial charge in [-0.15, -0.1) is 0 Å². The Kier molecular flexibility index (Phi) is 5.82.